The molecule has 1 nitrogen and oxygen atoms in total. The lowest BCUT2D eigenvalue weighted by Gasteiger charge is -2.42. The van der Waals surface area contributed by atoms with Gasteiger partial charge in [-0.2, -0.15) is 0 Å². The smallest absolute Gasteiger partial charge is 0.248 e. The molecule has 2 saturated carbocycles. The second-order valence-corrected chi connectivity index (χ2v) is 5.78. The quantitative estimate of drug-likeness (QED) is 0.681. The van der Waals surface area contributed by atoms with Gasteiger partial charge in [-0.25, -0.2) is 8.78 Å². The van der Waals surface area contributed by atoms with Gasteiger partial charge in [0.2, 0.25) is 5.92 Å². The first-order valence-electron chi connectivity index (χ1n) is 6.69. The molecule has 0 bridgehead atoms. The summed E-state index contributed by atoms with van der Waals surface area (Å²) in [7, 11) is 0. The number of rotatable bonds is 1. The molecule has 3 heteroatoms. The molecule has 0 saturated heterocycles. The van der Waals surface area contributed by atoms with E-state index >= 15 is 0 Å². The number of hydrogen-bond donors (Lipinski definition) is 1. The van der Waals surface area contributed by atoms with Crippen LogP contribution in [0.25, 0.3) is 0 Å². The van der Waals surface area contributed by atoms with Gasteiger partial charge in [0.1, 0.15) is 0 Å². The van der Waals surface area contributed by atoms with E-state index in [1.54, 1.807) is 0 Å². The van der Waals surface area contributed by atoms with E-state index in [4.69, 9.17) is 5.73 Å². The Morgan fingerprint density at radius 3 is 1.81 bits per heavy atom. The Morgan fingerprint density at radius 2 is 1.31 bits per heavy atom. The van der Waals surface area contributed by atoms with E-state index in [-0.39, 0.29) is 18.4 Å². The van der Waals surface area contributed by atoms with E-state index in [1.807, 2.05) is 0 Å². The average molecular weight is 231 g/mol. The molecular weight excluding hydrogens is 208 g/mol. The monoisotopic (exact) mass is 231 g/mol. The van der Waals surface area contributed by atoms with E-state index in [0.29, 0.717) is 18.8 Å². The van der Waals surface area contributed by atoms with Crippen LogP contribution in [0.4, 0.5) is 8.78 Å². The van der Waals surface area contributed by atoms with E-state index in [2.05, 4.69) is 0 Å². The maximum Gasteiger partial charge on any atom is 0.248 e. The molecule has 0 spiro atoms. The Bertz CT molecular complexity index is 222. The fraction of sp³-hybridized carbons (Fsp3) is 1.00. The average Bonchev–Trinajstić information content (AvgIpc) is 2.52. The molecule has 0 aromatic carbocycles. The van der Waals surface area contributed by atoms with Crippen LogP contribution in [0.1, 0.15) is 64.2 Å². The summed E-state index contributed by atoms with van der Waals surface area (Å²) < 4.78 is 26.3. The second-order valence-electron chi connectivity index (χ2n) is 5.78. The third-order valence-corrected chi connectivity index (χ3v) is 4.58. The summed E-state index contributed by atoms with van der Waals surface area (Å²) in [6, 6.07) is 0. The van der Waals surface area contributed by atoms with Gasteiger partial charge in [0.05, 0.1) is 0 Å². The summed E-state index contributed by atoms with van der Waals surface area (Å²) >= 11 is 0. The molecule has 0 amide bonds. The van der Waals surface area contributed by atoms with Crippen LogP contribution in [-0.2, 0) is 0 Å². The maximum absolute atomic E-state index is 13.1. The molecule has 2 N–H and O–H groups in total. The number of alkyl halides is 2. The summed E-state index contributed by atoms with van der Waals surface area (Å²) in [6.45, 7) is 0. The van der Waals surface area contributed by atoms with Crippen molar-refractivity contribution in [3.05, 3.63) is 0 Å². The molecule has 0 aromatic heterocycles. The predicted octanol–water partition coefficient (Wildman–Crippen LogP) is 3.86. The fourth-order valence-corrected chi connectivity index (χ4v) is 3.34. The highest BCUT2D eigenvalue weighted by Crippen LogP contribution is 2.44. The third-order valence-electron chi connectivity index (χ3n) is 4.58. The Kier molecular flexibility index (Phi) is 3.53. The van der Waals surface area contributed by atoms with Crippen molar-refractivity contribution in [1.82, 2.24) is 0 Å². The van der Waals surface area contributed by atoms with Gasteiger partial charge >= 0.3 is 0 Å². The second kappa shape index (κ2) is 4.59. The molecule has 2 aliphatic rings. The van der Waals surface area contributed by atoms with Crippen molar-refractivity contribution in [2.75, 3.05) is 0 Å². The summed E-state index contributed by atoms with van der Waals surface area (Å²) in [4.78, 5) is 0. The molecule has 0 heterocycles. The van der Waals surface area contributed by atoms with E-state index in [9.17, 15) is 8.78 Å². The van der Waals surface area contributed by atoms with Crippen LogP contribution in [0.2, 0.25) is 0 Å². The van der Waals surface area contributed by atoms with Crippen molar-refractivity contribution < 1.29 is 8.78 Å². The first-order valence-corrected chi connectivity index (χ1v) is 6.69. The molecular formula is C13H23F2N. The van der Waals surface area contributed by atoms with Crippen LogP contribution >= 0.6 is 0 Å². The highest BCUT2D eigenvalue weighted by Gasteiger charge is 2.44. The Balaban J connectivity index is 1.96. The van der Waals surface area contributed by atoms with Gasteiger partial charge in [0.15, 0.2) is 0 Å². The van der Waals surface area contributed by atoms with E-state index in [1.165, 1.54) is 25.7 Å². The summed E-state index contributed by atoms with van der Waals surface area (Å²) in [5.74, 6) is -1.96. The molecule has 0 unspecified atom stereocenters. The molecule has 16 heavy (non-hydrogen) atoms. The molecule has 0 aromatic rings. The zero-order valence-corrected chi connectivity index (χ0v) is 9.98. The van der Waals surface area contributed by atoms with Crippen LogP contribution in [0.5, 0.6) is 0 Å². The van der Waals surface area contributed by atoms with Gasteiger partial charge in [-0.15, -0.1) is 0 Å². The van der Waals surface area contributed by atoms with Crippen LogP contribution in [-0.4, -0.2) is 11.5 Å². The topological polar surface area (TPSA) is 26.0 Å². The predicted molar refractivity (Wildman–Crippen MR) is 61.5 cm³/mol. The Hall–Kier alpha value is -0.180. The van der Waals surface area contributed by atoms with Crippen molar-refractivity contribution in [2.45, 2.75) is 75.7 Å². The zero-order valence-electron chi connectivity index (χ0n) is 9.98. The van der Waals surface area contributed by atoms with Gasteiger partial charge in [-0.3, -0.25) is 0 Å². The van der Waals surface area contributed by atoms with Crippen LogP contribution < -0.4 is 5.73 Å². The van der Waals surface area contributed by atoms with E-state index < -0.39 is 5.92 Å². The van der Waals surface area contributed by atoms with Crippen LogP contribution in [0.15, 0.2) is 0 Å². The standard InChI is InChI=1S/C13H23F2N/c14-13(15)9-7-12(16,8-10-13)11-5-3-1-2-4-6-11/h11H,1-10,16H2. The SMILES string of the molecule is NC1(C2CCCCCC2)CCC(F)(F)CC1. The largest absolute Gasteiger partial charge is 0.325 e. The van der Waals surface area contributed by atoms with Crippen LogP contribution in [0.3, 0.4) is 0 Å². The summed E-state index contributed by atoms with van der Waals surface area (Å²) in [5, 5.41) is 0. The highest BCUT2D eigenvalue weighted by atomic mass is 19.3. The Morgan fingerprint density at radius 1 is 0.812 bits per heavy atom. The first kappa shape index (κ1) is 12.3. The van der Waals surface area contributed by atoms with Gasteiger partial charge in [0, 0.05) is 18.4 Å². The normalized spacial score (nSPS) is 30.9. The lowest BCUT2D eigenvalue weighted by Crippen LogP contribution is -2.51. The van der Waals surface area contributed by atoms with Gasteiger partial charge in [0.25, 0.3) is 0 Å². The van der Waals surface area contributed by atoms with Crippen molar-refractivity contribution in [3.63, 3.8) is 0 Å². The maximum atomic E-state index is 13.1. The van der Waals surface area contributed by atoms with Crippen molar-refractivity contribution in [2.24, 2.45) is 11.7 Å². The summed E-state index contributed by atoms with van der Waals surface area (Å²) in [5.41, 5.74) is 6.11. The molecule has 0 radical (unpaired) electrons. The minimum absolute atomic E-state index is 0. The van der Waals surface area contributed by atoms with Crippen molar-refractivity contribution in [1.29, 1.82) is 0 Å². The van der Waals surface area contributed by atoms with Gasteiger partial charge in [-0.05, 0) is 31.6 Å². The first-order chi connectivity index (χ1) is 7.52. The van der Waals surface area contributed by atoms with Gasteiger partial charge in [-0.1, -0.05) is 25.7 Å². The summed E-state index contributed by atoms with van der Waals surface area (Å²) in [6.07, 6.45) is 8.41. The third kappa shape index (κ3) is 2.73. The lowest BCUT2D eigenvalue weighted by molar-refractivity contribution is -0.0596. The fourth-order valence-electron chi connectivity index (χ4n) is 3.34. The highest BCUT2D eigenvalue weighted by molar-refractivity contribution is 4.97. The lowest BCUT2D eigenvalue weighted by atomic mass is 9.70. The molecule has 0 aliphatic heterocycles. The molecule has 2 aliphatic carbocycles. The minimum atomic E-state index is -2.45. The molecule has 2 fully saturated rings. The number of hydrogen-bond acceptors (Lipinski definition) is 1. The molecule has 94 valence electrons. The zero-order chi connectivity index (χ0) is 11.6. The molecule has 0 atom stereocenters. The van der Waals surface area contributed by atoms with Crippen molar-refractivity contribution >= 4 is 0 Å². The van der Waals surface area contributed by atoms with Gasteiger partial charge < -0.3 is 5.73 Å². The number of nitrogens with two attached hydrogens (primary N) is 1. The van der Waals surface area contributed by atoms with E-state index in [0.717, 1.165) is 12.8 Å². The van der Waals surface area contributed by atoms with Crippen LogP contribution in [0, 0.1) is 5.92 Å². The Labute approximate surface area is 96.8 Å². The van der Waals surface area contributed by atoms with Crippen molar-refractivity contribution in [3.8, 4) is 0 Å². The number of halogens is 2. The molecule has 2 rings (SSSR count). The minimum Gasteiger partial charge on any atom is -0.325 e.